The molecule has 3 rings (SSSR count). The summed E-state index contributed by atoms with van der Waals surface area (Å²) in [6.07, 6.45) is 1.72. The highest BCUT2D eigenvalue weighted by atomic mass is 35.5. The van der Waals surface area contributed by atoms with Crippen LogP contribution < -0.4 is 10.6 Å². The number of allylic oxidation sites excluding steroid dienone is 1. The fraction of sp³-hybridized carbons (Fsp3) is 0.250. The van der Waals surface area contributed by atoms with E-state index in [1.54, 1.807) is 30.3 Å². The molecule has 0 saturated heterocycles. The number of carbonyl (C=O) groups excluding carboxylic acids is 2. The van der Waals surface area contributed by atoms with Crippen LogP contribution in [-0.2, 0) is 11.3 Å². The smallest absolute Gasteiger partial charge is 0.251 e. The van der Waals surface area contributed by atoms with Gasteiger partial charge in [-0.15, -0.1) is 16.8 Å². The van der Waals surface area contributed by atoms with Gasteiger partial charge in [0, 0.05) is 22.8 Å². The van der Waals surface area contributed by atoms with Gasteiger partial charge in [0.15, 0.2) is 11.0 Å². The van der Waals surface area contributed by atoms with Crippen molar-refractivity contribution in [1.29, 1.82) is 0 Å². The monoisotopic (exact) mass is 483 g/mol. The van der Waals surface area contributed by atoms with Crippen LogP contribution in [0.1, 0.15) is 40.3 Å². The zero-order chi connectivity index (χ0) is 24.0. The first-order valence-corrected chi connectivity index (χ1v) is 11.7. The average molecular weight is 484 g/mol. The Labute approximate surface area is 202 Å². The van der Waals surface area contributed by atoms with E-state index in [-0.39, 0.29) is 23.6 Å². The van der Waals surface area contributed by atoms with Crippen LogP contribution in [0.5, 0.6) is 0 Å². The summed E-state index contributed by atoms with van der Waals surface area (Å²) in [6.45, 7) is 9.96. The number of rotatable bonds is 9. The molecule has 33 heavy (non-hydrogen) atoms. The van der Waals surface area contributed by atoms with Gasteiger partial charge < -0.3 is 15.2 Å². The second kappa shape index (κ2) is 11.2. The minimum atomic E-state index is -0.385. The maximum Gasteiger partial charge on any atom is 0.251 e. The predicted molar refractivity (Wildman–Crippen MR) is 133 cm³/mol. The number of nitrogens with zero attached hydrogens (tertiary/aromatic N) is 3. The quantitative estimate of drug-likeness (QED) is 0.332. The van der Waals surface area contributed by atoms with E-state index in [0.29, 0.717) is 33.8 Å². The van der Waals surface area contributed by atoms with E-state index < -0.39 is 0 Å². The third-order valence-corrected chi connectivity index (χ3v) is 6.27. The molecular weight excluding hydrogens is 458 g/mol. The summed E-state index contributed by atoms with van der Waals surface area (Å²) in [6, 6.07) is 12.3. The lowest BCUT2D eigenvalue weighted by Gasteiger charge is -2.15. The molecule has 0 fully saturated rings. The van der Waals surface area contributed by atoms with E-state index in [4.69, 9.17) is 11.6 Å². The molecular formula is C24H26ClN5O2S. The van der Waals surface area contributed by atoms with E-state index in [0.717, 1.165) is 11.1 Å². The van der Waals surface area contributed by atoms with Crippen LogP contribution in [0.25, 0.3) is 0 Å². The Bertz CT molecular complexity index is 1160. The van der Waals surface area contributed by atoms with Crippen LogP contribution in [0.2, 0.25) is 5.02 Å². The van der Waals surface area contributed by atoms with Crippen LogP contribution >= 0.6 is 23.4 Å². The first kappa shape index (κ1) is 24.5. The molecule has 172 valence electrons. The maximum absolute atomic E-state index is 12.6. The Morgan fingerprint density at radius 3 is 2.58 bits per heavy atom. The maximum atomic E-state index is 12.6. The highest BCUT2D eigenvalue weighted by Gasteiger charge is 2.20. The van der Waals surface area contributed by atoms with Gasteiger partial charge in [-0.25, -0.2) is 0 Å². The zero-order valence-electron chi connectivity index (χ0n) is 18.8. The van der Waals surface area contributed by atoms with Crippen molar-refractivity contribution >= 4 is 40.9 Å². The van der Waals surface area contributed by atoms with Crippen LogP contribution in [0.3, 0.4) is 0 Å². The molecule has 7 nitrogen and oxygen atoms in total. The number of hydrogen-bond donors (Lipinski definition) is 2. The lowest BCUT2D eigenvalue weighted by molar-refractivity contribution is -0.113. The minimum absolute atomic E-state index is 0.144. The van der Waals surface area contributed by atoms with E-state index in [2.05, 4.69) is 27.4 Å². The molecule has 0 aliphatic carbocycles. The number of thioether (sulfide) groups is 1. The van der Waals surface area contributed by atoms with Crippen molar-refractivity contribution in [2.24, 2.45) is 0 Å². The molecule has 2 N–H and O–H groups in total. The molecule has 1 atom stereocenters. The van der Waals surface area contributed by atoms with Crippen molar-refractivity contribution in [2.75, 3.05) is 11.1 Å². The van der Waals surface area contributed by atoms with Gasteiger partial charge in [-0.1, -0.05) is 53.2 Å². The number of aromatic nitrogens is 3. The molecule has 0 unspecified atom stereocenters. The number of nitrogens with one attached hydrogen (secondary N) is 2. The van der Waals surface area contributed by atoms with Crippen molar-refractivity contribution in [3.63, 3.8) is 0 Å². The molecule has 0 aliphatic rings. The Morgan fingerprint density at radius 1 is 1.18 bits per heavy atom. The average Bonchev–Trinajstić information content (AvgIpc) is 3.18. The minimum Gasteiger partial charge on any atom is -0.342 e. The molecule has 0 aliphatic heterocycles. The van der Waals surface area contributed by atoms with Gasteiger partial charge >= 0.3 is 0 Å². The lowest BCUT2D eigenvalue weighted by Crippen LogP contribution is -2.28. The molecule has 1 heterocycles. The van der Waals surface area contributed by atoms with Crippen LogP contribution in [0.15, 0.2) is 60.3 Å². The van der Waals surface area contributed by atoms with Gasteiger partial charge in [-0.3, -0.25) is 9.59 Å². The molecule has 2 aromatic carbocycles. The van der Waals surface area contributed by atoms with E-state index >= 15 is 0 Å². The van der Waals surface area contributed by atoms with Crippen molar-refractivity contribution in [3.05, 3.63) is 82.7 Å². The molecule has 0 radical (unpaired) electrons. The molecule has 9 heteroatoms. The van der Waals surface area contributed by atoms with E-state index in [1.165, 1.54) is 11.8 Å². The Hall–Kier alpha value is -3.10. The molecule has 0 bridgehead atoms. The highest BCUT2D eigenvalue weighted by Crippen LogP contribution is 2.23. The lowest BCUT2D eigenvalue weighted by atomic mass is 10.1. The zero-order valence-corrected chi connectivity index (χ0v) is 20.3. The van der Waals surface area contributed by atoms with Gasteiger partial charge in [-0.05, 0) is 50.6 Å². The summed E-state index contributed by atoms with van der Waals surface area (Å²) in [5.41, 5.74) is 3.24. The summed E-state index contributed by atoms with van der Waals surface area (Å²) in [7, 11) is 0. The fourth-order valence-corrected chi connectivity index (χ4v) is 4.01. The van der Waals surface area contributed by atoms with Gasteiger partial charge in [-0.2, -0.15) is 0 Å². The van der Waals surface area contributed by atoms with Crippen molar-refractivity contribution in [3.8, 4) is 0 Å². The van der Waals surface area contributed by atoms with Gasteiger partial charge in [0.25, 0.3) is 5.91 Å². The summed E-state index contributed by atoms with van der Waals surface area (Å²) in [5.74, 6) is 0.352. The standard InChI is InChI=1S/C24H26ClN5O2S/c1-5-12-30-22(17(4)26-23(32)18-9-6-15(2)7-10-18)28-29-24(30)33-14-21(31)27-19-11-8-16(3)20(25)13-19/h5-11,13,17H,1,12,14H2,2-4H3,(H,26,32)(H,27,31)/t17-/m0/s1. The van der Waals surface area contributed by atoms with Gasteiger partial charge in [0.05, 0.1) is 11.8 Å². The van der Waals surface area contributed by atoms with E-state index in [1.807, 2.05) is 43.5 Å². The third-order valence-electron chi connectivity index (χ3n) is 4.89. The first-order valence-electron chi connectivity index (χ1n) is 10.4. The van der Waals surface area contributed by atoms with Gasteiger partial charge in [0.1, 0.15) is 0 Å². The van der Waals surface area contributed by atoms with Crippen LogP contribution in [0.4, 0.5) is 5.69 Å². The Kier molecular flexibility index (Phi) is 8.30. The molecule has 1 aromatic heterocycles. The fourth-order valence-electron chi connectivity index (χ4n) is 3.08. The number of amides is 2. The summed E-state index contributed by atoms with van der Waals surface area (Å²) < 4.78 is 1.84. The SMILES string of the molecule is C=CCn1c(SCC(=O)Nc2ccc(C)c(Cl)c2)nnc1[C@H](C)NC(=O)c1ccc(C)cc1. The molecule has 0 spiro atoms. The number of anilines is 1. The van der Waals surface area contributed by atoms with Crippen LogP contribution in [-0.4, -0.2) is 32.3 Å². The Morgan fingerprint density at radius 2 is 1.91 bits per heavy atom. The van der Waals surface area contributed by atoms with Crippen molar-refractivity contribution < 1.29 is 9.59 Å². The normalized spacial score (nSPS) is 11.6. The van der Waals surface area contributed by atoms with Gasteiger partial charge in [0.2, 0.25) is 5.91 Å². The summed E-state index contributed by atoms with van der Waals surface area (Å²) in [4.78, 5) is 25.0. The summed E-state index contributed by atoms with van der Waals surface area (Å²) in [5, 5.41) is 15.4. The number of hydrogen-bond acceptors (Lipinski definition) is 5. The van der Waals surface area contributed by atoms with Crippen molar-refractivity contribution in [1.82, 2.24) is 20.1 Å². The second-order valence-electron chi connectivity index (χ2n) is 7.60. The topological polar surface area (TPSA) is 88.9 Å². The third kappa shape index (κ3) is 6.46. The molecule has 0 saturated carbocycles. The first-order chi connectivity index (χ1) is 15.8. The molecule has 3 aromatic rings. The number of halogens is 1. The number of benzene rings is 2. The van der Waals surface area contributed by atoms with E-state index in [9.17, 15) is 9.59 Å². The number of carbonyl (C=O) groups is 2. The summed E-state index contributed by atoms with van der Waals surface area (Å²) >= 11 is 7.38. The second-order valence-corrected chi connectivity index (χ2v) is 8.95. The number of aryl methyl sites for hydroxylation is 2. The highest BCUT2D eigenvalue weighted by molar-refractivity contribution is 7.99. The van der Waals surface area contributed by atoms with Crippen molar-refractivity contribution in [2.45, 2.75) is 38.5 Å². The molecule has 2 amide bonds. The Balaban J connectivity index is 1.65. The predicted octanol–water partition coefficient (Wildman–Crippen LogP) is 4.96. The largest absolute Gasteiger partial charge is 0.342 e. The van der Waals surface area contributed by atoms with Crippen LogP contribution in [0, 0.1) is 13.8 Å².